The molecule has 3 aliphatic heterocycles. The van der Waals surface area contributed by atoms with Crippen LogP contribution in [-0.2, 0) is 19.1 Å². The van der Waals surface area contributed by atoms with Gasteiger partial charge in [-0.25, -0.2) is 28.9 Å². The second-order valence-electron chi connectivity index (χ2n) is 17.3. The maximum Gasteiger partial charge on any atom is 0.407 e. The summed E-state index contributed by atoms with van der Waals surface area (Å²) in [6.45, 7) is 8.49. The van der Waals surface area contributed by atoms with Crippen molar-refractivity contribution in [2.75, 3.05) is 27.3 Å². The Hall–Kier alpha value is -7.18. The fourth-order valence-electron chi connectivity index (χ4n) is 9.32. The minimum absolute atomic E-state index is 0.160. The number of alkyl carbamates (subject to hydrolysis) is 2. The summed E-state index contributed by atoms with van der Waals surface area (Å²) in [6.07, 6.45) is 6.98. The number of nitrogens with one attached hydrogen (secondary N) is 4. The predicted octanol–water partition coefficient (Wildman–Crippen LogP) is 7.24. The smallest absolute Gasteiger partial charge is 0.407 e. The molecular weight excluding hydrogens is 840 g/mol. The van der Waals surface area contributed by atoms with Gasteiger partial charge in [-0.15, -0.1) is 0 Å². The number of ether oxygens (including phenoxy) is 3. The van der Waals surface area contributed by atoms with Crippen molar-refractivity contribution in [3.05, 3.63) is 84.6 Å². The van der Waals surface area contributed by atoms with Crippen LogP contribution in [0.1, 0.15) is 89.1 Å². The molecule has 0 saturated carbocycles. The first-order valence-corrected chi connectivity index (χ1v) is 21.8. The molecule has 65 heavy (non-hydrogen) atoms. The van der Waals surface area contributed by atoms with Gasteiger partial charge in [-0.2, -0.15) is 0 Å². The predicted molar refractivity (Wildman–Crippen MR) is 233 cm³/mol. The number of amides is 4. The summed E-state index contributed by atoms with van der Waals surface area (Å²) in [6, 6.07) is 8.78. The first-order valence-electron chi connectivity index (χ1n) is 21.8. The number of rotatable bonds is 11. The highest BCUT2D eigenvalue weighted by atomic mass is 19.1. The molecule has 0 aliphatic carbocycles. The van der Waals surface area contributed by atoms with Crippen LogP contribution in [0, 0.1) is 17.7 Å². The van der Waals surface area contributed by atoms with Gasteiger partial charge in [0.05, 0.1) is 73.1 Å². The Kier molecular flexibility index (Phi) is 11.5. The number of hydrogen-bond acceptors (Lipinski definition) is 11. The number of benzene rings is 2. The molecule has 2 unspecified atom stereocenters. The van der Waals surface area contributed by atoms with Gasteiger partial charge in [0.15, 0.2) is 12.2 Å². The average Bonchev–Trinajstić information content (AvgIpc) is 4.15. The molecule has 0 radical (unpaired) electrons. The summed E-state index contributed by atoms with van der Waals surface area (Å²) >= 11 is 0. The Morgan fingerprint density at radius 1 is 0.785 bits per heavy atom. The number of halogens is 1. The van der Waals surface area contributed by atoms with Gasteiger partial charge >= 0.3 is 12.2 Å². The maximum absolute atomic E-state index is 16.7. The number of oxazole rings is 1. The molecular formula is C46H51FN10O8. The van der Waals surface area contributed by atoms with Crippen LogP contribution in [0.15, 0.2) is 65.8 Å². The number of nitrogens with zero attached hydrogens (tertiary/aromatic N) is 6. The summed E-state index contributed by atoms with van der Waals surface area (Å²) in [7, 11) is 2.53. The standard InChI is InChI=1S/C46H51FN10O8/c1-23(2)38(53-45(60)62-5)42(58)55-13-7-9-32(55)40-49-19-29(51-40)25-11-12-31-27(15-25)17-34-37-28(47)16-26(18-35(37)65-44(57(31)34)36-21-48-22-64-36)30-20-50-41(52-30)33-10-8-14-56(33)43(59)39(24(3)4)54-46(61)63-6/h11-12,15-24,32-33,38-39,44H,7-10,13-14H2,1-6H3,(H,49,51)(H,50,52)(H,53,60)(H,54,61)/t32-,33?,38+,39-,44?/m1/s1. The molecule has 19 heteroatoms. The van der Waals surface area contributed by atoms with Crippen LogP contribution in [0.4, 0.5) is 14.0 Å². The van der Waals surface area contributed by atoms with E-state index in [4.69, 9.17) is 23.6 Å². The zero-order chi connectivity index (χ0) is 45.7. The monoisotopic (exact) mass is 890 g/mol. The van der Waals surface area contributed by atoms with Crippen LogP contribution in [0.2, 0.25) is 0 Å². The van der Waals surface area contributed by atoms with E-state index in [1.165, 1.54) is 26.7 Å². The Labute approximate surface area is 373 Å². The van der Waals surface area contributed by atoms with E-state index >= 15 is 4.39 Å². The van der Waals surface area contributed by atoms with Gasteiger partial charge in [0.2, 0.25) is 18.0 Å². The minimum Gasteiger partial charge on any atom is -0.462 e. The molecule has 2 saturated heterocycles. The number of methoxy groups -OCH3 is 2. The lowest BCUT2D eigenvalue weighted by molar-refractivity contribution is -0.136. The summed E-state index contributed by atoms with van der Waals surface area (Å²) in [4.78, 5) is 75.4. The average molecular weight is 891 g/mol. The molecule has 340 valence electrons. The Morgan fingerprint density at radius 2 is 1.37 bits per heavy atom. The fraction of sp³-hybridized carbons (Fsp3) is 0.413. The van der Waals surface area contributed by atoms with Crippen molar-refractivity contribution in [1.82, 2.24) is 49.9 Å². The van der Waals surface area contributed by atoms with Crippen molar-refractivity contribution < 1.29 is 42.2 Å². The third kappa shape index (κ3) is 7.92. The lowest BCUT2D eigenvalue weighted by Gasteiger charge is -2.30. The number of aromatic nitrogens is 6. The van der Waals surface area contributed by atoms with Crippen LogP contribution >= 0.6 is 0 Å². The van der Waals surface area contributed by atoms with Crippen LogP contribution < -0.4 is 15.4 Å². The Balaban J connectivity index is 1.01. The number of carbonyl (C=O) groups is 4. The highest BCUT2D eigenvalue weighted by molar-refractivity contribution is 5.93. The maximum atomic E-state index is 16.7. The third-order valence-corrected chi connectivity index (χ3v) is 12.6. The summed E-state index contributed by atoms with van der Waals surface area (Å²) in [5.41, 5.74) is 4.19. The van der Waals surface area contributed by atoms with Gasteiger partial charge < -0.3 is 49.0 Å². The van der Waals surface area contributed by atoms with Gasteiger partial charge in [0.1, 0.15) is 35.3 Å². The molecule has 9 rings (SSSR count). The summed E-state index contributed by atoms with van der Waals surface area (Å²) < 4.78 is 40.5. The SMILES string of the molecule is COC(=O)N[C@H](C(=O)N1CCC[C@@H]1c1ncc(-c2ccc3c(c2)cc2n3C(c3cnco3)Oc3cc(-c4cnc(C5CCCN5C(=O)[C@H](NC(=O)OC)C(C)C)[nH]4)cc(F)c3-2)[nH]1)C(C)C. The van der Waals surface area contributed by atoms with Gasteiger partial charge in [0.25, 0.3) is 0 Å². The van der Waals surface area contributed by atoms with Crippen molar-refractivity contribution in [2.45, 2.75) is 83.8 Å². The number of H-pyrrole nitrogens is 2. The van der Waals surface area contributed by atoms with Crippen molar-refractivity contribution in [3.63, 3.8) is 0 Å². The molecule has 0 bridgehead atoms. The molecule has 0 spiro atoms. The number of hydrogen-bond donors (Lipinski definition) is 4. The quantitative estimate of drug-likeness (QED) is 0.102. The van der Waals surface area contributed by atoms with Crippen molar-refractivity contribution >= 4 is 34.9 Å². The first kappa shape index (κ1) is 43.1. The van der Waals surface area contributed by atoms with Gasteiger partial charge in [-0.3, -0.25) is 14.2 Å². The Bertz CT molecular complexity index is 2760. The normalized spacial score (nSPS) is 18.9. The summed E-state index contributed by atoms with van der Waals surface area (Å²) in [5, 5.41) is 6.16. The largest absolute Gasteiger partial charge is 0.462 e. The number of fused-ring (bicyclic) bond motifs is 5. The molecule has 5 atom stereocenters. The van der Waals surface area contributed by atoms with E-state index < -0.39 is 36.3 Å². The molecule has 4 aromatic heterocycles. The van der Waals surface area contributed by atoms with E-state index in [0.29, 0.717) is 60.3 Å². The molecule has 7 heterocycles. The zero-order valence-electron chi connectivity index (χ0n) is 36.9. The van der Waals surface area contributed by atoms with Crippen molar-refractivity contribution in [3.8, 4) is 39.5 Å². The third-order valence-electron chi connectivity index (χ3n) is 12.6. The molecule has 2 aromatic carbocycles. The molecule has 4 N–H and O–H groups in total. The van der Waals surface area contributed by atoms with E-state index in [2.05, 4.69) is 30.6 Å². The van der Waals surface area contributed by atoms with E-state index in [1.54, 1.807) is 34.5 Å². The van der Waals surface area contributed by atoms with Crippen molar-refractivity contribution in [1.29, 1.82) is 0 Å². The molecule has 6 aromatic rings. The number of aromatic amines is 2. The van der Waals surface area contributed by atoms with E-state index in [-0.39, 0.29) is 47.0 Å². The second-order valence-corrected chi connectivity index (χ2v) is 17.3. The lowest BCUT2D eigenvalue weighted by Crippen LogP contribution is -2.51. The Morgan fingerprint density at radius 3 is 1.91 bits per heavy atom. The van der Waals surface area contributed by atoms with Crippen LogP contribution in [0.5, 0.6) is 5.75 Å². The molecule has 18 nitrogen and oxygen atoms in total. The zero-order valence-corrected chi connectivity index (χ0v) is 36.9. The fourth-order valence-corrected chi connectivity index (χ4v) is 9.32. The van der Waals surface area contributed by atoms with E-state index in [9.17, 15) is 19.2 Å². The highest BCUT2D eigenvalue weighted by Gasteiger charge is 2.40. The number of likely N-dealkylation sites (tertiary alicyclic amines) is 2. The van der Waals surface area contributed by atoms with Crippen LogP contribution in [-0.4, -0.2) is 103 Å². The lowest BCUT2D eigenvalue weighted by atomic mass is 10.0. The molecule has 4 amide bonds. The van der Waals surface area contributed by atoms with Crippen molar-refractivity contribution in [2.24, 2.45) is 11.8 Å². The van der Waals surface area contributed by atoms with Crippen LogP contribution in [0.25, 0.3) is 44.7 Å². The molecule has 3 aliphatic rings. The van der Waals surface area contributed by atoms with Gasteiger partial charge in [-0.05, 0) is 67.9 Å². The van der Waals surface area contributed by atoms with E-state index in [1.807, 2.05) is 56.5 Å². The molecule has 2 fully saturated rings. The first-order chi connectivity index (χ1) is 31.3. The number of imidazole rings is 2. The second kappa shape index (κ2) is 17.4. The number of carbonyl (C=O) groups excluding carboxylic acids is 4. The highest BCUT2D eigenvalue weighted by Crippen LogP contribution is 2.47. The van der Waals surface area contributed by atoms with Gasteiger partial charge in [-0.1, -0.05) is 33.8 Å². The van der Waals surface area contributed by atoms with Crippen LogP contribution in [0.3, 0.4) is 0 Å². The van der Waals surface area contributed by atoms with Gasteiger partial charge in [0, 0.05) is 29.6 Å². The topological polar surface area (TPSA) is 215 Å². The van der Waals surface area contributed by atoms with E-state index in [0.717, 1.165) is 35.0 Å². The summed E-state index contributed by atoms with van der Waals surface area (Å²) in [5.74, 6) is 0.600. The minimum atomic E-state index is -0.825.